The fourth-order valence-corrected chi connectivity index (χ4v) is 5.95. The monoisotopic (exact) mass is 522 g/mol. The summed E-state index contributed by atoms with van der Waals surface area (Å²) in [6, 6.07) is 12.7. The average molecular weight is 523 g/mol. The number of hydrogen-bond donors (Lipinski definition) is 1. The number of aromatic nitrogens is 2. The molecule has 0 bridgehead atoms. The molecule has 1 atom stereocenters. The second-order valence-electron chi connectivity index (χ2n) is 11.0. The number of rotatable bonds is 5. The summed E-state index contributed by atoms with van der Waals surface area (Å²) in [6.07, 6.45) is 0. The quantitative estimate of drug-likeness (QED) is 0.472. The fraction of sp³-hybridized carbons (Fsp3) is 0.414. The van der Waals surface area contributed by atoms with Crippen LogP contribution in [0, 0.1) is 19.7 Å². The van der Waals surface area contributed by atoms with Crippen molar-refractivity contribution in [3.63, 3.8) is 0 Å². The Morgan fingerprint density at radius 1 is 1.19 bits per heavy atom. The van der Waals surface area contributed by atoms with Crippen molar-refractivity contribution in [2.45, 2.75) is 65.2 Å². The first-order valence-electron chi connectivity index (χ1n) is 12.5. The van der Waals surface area contributed by atoms with Gasteiger partial charge in [-0.15, -0.1) is 11.8 Å². The highest BCUT2D eigenvalue weighted by molar-refractivity contribution is 8.00. The summed E-state index contributed by atoms with van der Waals surface area (Å²) in [5.41, 5.74) is 4.55. The van der Waals surface area contributed by atoms with Crippen LogP contribution >= 0.6 is 11.8 Å². The number of halogens is 1. The Morgan fingerprint density at radius 2 is 1.89 bits per heavy atom. The van der Waals surface area contributed by atoms with Crippen molar-refractivity contribution in [1.29, 1.82) is 0 Å². The molecule has 1 aliphatic rings. The van der Waals surface area contributed by atoms with E-state index in [1.54, 1.807) is 16.8 Å². The SMILES string of the molecule is Cc1ccc(-n2nc(C(C)(C)C)c3c2N(CC(=O)NC(C)C)C(=O)CSC3c2ccccc2F)c(C)c1. The lowest BCUT2D eigenvalue weighted by atomic mass is 9.87. The molecule has 1 aliphatic heterocycles. The summed E-state index contributed by atoms with van der Waals surface area (Å²) in [7, 11) is 0. The van der Waals surface area contributed by atoms with Crippen molar-refractivity contribution in [1.82, 2.24) is 15.1 Å². The van der Waals surface area contributed by atoms with Gasteiger partial charge in [-0.05, 0) is 45.4 Å². The lowest BCUT2D eigenvalue weighted by Crippen LogP contribution is -2.44. The molecule has 0 spiro atoms. The average Bonchev–Trinajstić information content (AvgIpc) is 3.12. The highest BCUT2D eigenvalue weighted by Gasteiger charge is 2.40. The first kappa shape index (κ1) is 26.9. The van der Waals surface area contributed by atoms with E-state index in [9.17, 15) is 9.59 Å². The molecule has 6 nitrogen and oxygen atoms in total. The highest BCUT2D eigenvalue weighted by Crippen LogP contribution is 2.49. The number of benzene rings is 2. The van der Waals surface area contributed by atoms with Gasteiger partial charge in [0.15, 0.2) is 0 Å². The summed E-state index contributed by atoms with van der Waals surface area (Å²) < 4.78 is 17.0. The predicted octanol–water partition coefficient (Wildman–Crippen LogP) is 5.62. The van der Waals surface area contributed by atoms with Crippen molar-refractivity contribution in [3.8, 4) is 5.69 Å². The smallest absolute Gasteiger partial charge is 0.240 e. The number of carbonyl (C=O) groups is 2. The van der Waals surface area contributed by atoms with Crippen molar-refractivity contribution in [3.05, 3.63) is 76.2 Å². The van der Waals surface area contributed by atoms with Crippen molar-refractivity contribution in [2.75, 3.05) is 17.2 Å². The van der Waals surface area contributed by atoms with E-state index in [2.05, 4.69) is 32.2 Å². The summed E-state index contributed by atoms with van der Waals surface area (Å²) in [6.45, 7) is 13.8. The zero-order valence-corrected chi connectivity index (χ0v) is 23.4. The Hall–Kier alpha value is -3.13. The van der Waals surface area contributed by atoms with Gasteiger partial charge >= 0.3 is 0 Å². The van der Waals surface area contributed by atoms with Gasteiger partial charge in [-0.1, -0.05) is 56.7 Å². The number of anilines is 1. The van der Waals surface area contributed by atoms with Crippen LogP contribution in [0.5, 0.6) is 0 Å². The minimum absolute atomic E-state index is 0.0658. The molecule has 2 aromatic carbocycles. The van der Waals surface area contributed by atoms with E-state index in [-0.39, 0.29) is 36.0 Å². The second-order valence-corrected chi connectivity index (χ2v) is 12.0. The number of fused-ring (bicyclic) bond motifs is 1. The molecule has 0 radical (unpaired) electrons. The maximum absolute atomic E-state index is 15.2. The number of nitrogens with zero attached hydrogens (tertiary/aromatic N) is 3. The first-order valence-corrected chi connectivity index (χ1v) is 13.6. The van der Waals surface area contributed by atoms with Gasteiger partial charge < -0.3 is 5.32 Å². The van der Waals surface area contributed by atoms with E-state index < -0.39 is 10.7 Å². The van der Waals surface area contributed by atoms with Crippen LogP contribution in [0.2, 0.25) is 0 Å². The Bertz CT molecular complexity index is 1340. The van der Waals surface area contributed by atoms with Crippen molar-refractivity contribution in [2.24, 2.45) is 0 Å². The molecule has 8 heteroatoms. The third-order valence-corrected chi connectivity index (χ3v) is 7.56. The van der Waals surface area contributed by atoms with Crippen LogP contribution in [-0.4, -0.2) is 39.9 Å². The standard InChI is InChI=1S/C29H35FN4O2S/c1-17(2)31-23(35)15-33-24(36)16-37-26(20-10-8-9-11-21(20)30)25-27(29(5,6)7)32-34(28(25)33)22-13-12-18(3)14-19(22)4/h8-14,17,26H,15-16H2,1-7H3,(H,31,35). The minimum Gasteiger partial charge on any atom is -0.352 e. The Kier molecular flexibility index (Phi) is 7.51. The van der Waals surface area contributed by atoms with Gasteiger partial charge in [0.1, 0.15) is 18.2 Å². The van der Waals surface area contributed by atoms with E-state index in [4.69, 9.17) is 5.10 Å². The highest BCUT2D eigenvalue weighted by atomic mass is 32.2. The van der Waals surface area contributed by atoms with Gasteiger partial charge in [-0.3, -0.25) is 14.5 Å². The summed E-state index contributed by atoms with van der Waals surface area (Å²) in [4.78, 5) is 28.1. The maximum atomic E-state index is 15.2. The number of hydrogen-bond acceptors (Lipinski definition) is 4. The molecule has 1 N–H and O–H groups in total. The Balaban J connectivity index is 2.06. The molecule has 1 unspecified atom stereocenters. The van der Waals surface area contributed by atoms with Crippen LogP contribution in [-0.2, 0) is 15.0 Å². The van der Waals surface area contributed by atoms with E-state index >= 15 is 4.39 Å². The summed E-state index contributed by atoms with van der Waals surface area (Å²) in [5.74, 6) is -0.161. The Morgan fingerprint density at radius 3 is 2.51 bits per heavy atom. The van der Waals surface area contributed by atoms with Crippen LogP contribution in [0.25, 0.3) is 5.69 Å². The lowest BCUT2D eigenvalue weighted by Gasteiger charge is -2.25. The Labute approximate surface area is 222 Å². The van der Waals surface area contributed by atoms with Crippen LogP contribution in [0.3, 0.4) is 0 Å². The summed E-state index contributed by atoms with van der Waals surface area (Å²) >= 11 is 1.38. The van der Waals surface area contributed by atoms with Crippen molar-refractivity contribution >= 4 is 29.4 Å². The molecule has 4 rings (SSSR count). The van der Waals surface area contributed by atoms with Gasteiger partial charge in [-0.2, -0.15) is 5.10 Å². The lowest BCUT2D eigenvalue weighted by molar-refractivity contribution is -0.123. The molecule has 37 heavy (non-hydrogen) atoms. The van der Waals surface area contributed by atoms with Gasteiger partial charge in [0.05, 0.1) is 22.4 Å². The van der Waals surface area contributed by atoms with E-state index in [0.29, 0.717) is 11.4 Å². The first-order chi connectivity index (χ1) is 17.4. The van der Waals surface area contributed by atoms with E-state index in [1.807, 2.05) is 45.9 Å². The largest absolute Gasteiger partial charge is 0.352 e. The van der Waals surface area contributed by atoms with Crippen LogP contribution in [0.1, 0.15) is 67.8 Å². The molecule has 0 saturated carbocycles. The zero-order valence-electron chi connectivity index (χ0n) is 22.6. The molecule has 0 saturated heterocycles. The number of amides is 2. The number of aryl methyl sites for hydroxylation is 2. The number of nitrogens with one attached hydrogen (secondary N) is 1. The molecular formula is C29H35FN4O2S. The third kappa shape index (κ3) is 5.44. The van der Waals surface area contributed by atoms with Crippen LogP contribution < -0.4 is 10.2 Å². The summed E-state index contributed by atoms with van der Waals surface area (Å²) in [5, 5.41) is 7.51. The van der Waals surface area contributed by atoms with Gasteiger partial charge in [0, 0.05) is 22.6 Å². The van der Waals surface area contributed by atoms with Gasteiger partial charge in [0.2, 0.25) is 11.8 Å². The predicted molar refractivity (Wildman–Crippen MR) is 148 cm³/mol. The van der Waals surface area contributed by atoms with Crippen molar-refractivity contribution < 1.29 is 14.0 Å². The van der Waals surface area contributed by atoms with Gasteiger partial charge in [0.25, 0.3) is 0 Å². The maximum Gasteiger partial charge on any atom is 0.240 e. The third-order valence-electron chi connectivity index (χ3n) is 6.32. The van der Waals surface area contributed by atoms with E-state index in [1.165, 1.54) is 22.7 Å². The number of thioether (sulfide) groups is 1. The second kappa shape index (κ2) is 10.3. The van der Waals surface area contributed by atoms with Crippen LogP contribution in [0.15, 0.2) is 42.5 Å². The molecule has 196 valence electrons. The minimum atomic E-state index is -0.466. The molecule has 0 aliphatic carbocycles. The topological polar surface area (TPSA) is 67.2 Å². The van der Waals surface area contributed by atoms with E-state index in [0.717, 1.165) is 28.1 Å². The molecule has 3 aromatic rings. The normalized spacial score (nSPS) is 16.1. The molecular weight excluding hydrogens is 487 g/mol. The molecule has 2 heterocycles. The van der Waals surface area contributed by atoms with Gasteiger partial charge in [-0.25, -0.2) is 9.07 Å². The number of carbonyl (C=O) groups excluding carboxylic acids is 2. The molecule has 0 fully saturated rings. The zero-order chi connectivity index (χ0) is 27.1. The molecule has 2 amide bonds. The van der Waals surface area contributed by atoms with Crippen LogP contribution in [0.4, 0.5) is 10.2 Å². The fourth-order valence-electron chi connectivity index (χ4n) is 4.73. The molecule has 1 aromatic heterocycles.